The molecule has 2 aromatic heterocycles. The summed E-state index contributed by atoms with van der Waals surface area (Å²) in [5.41, 5.74) is 0.725. The van der Waals surface area contributed by atoms with Crippen LogP contribution in [-0.4, -0.2) is 24.9 Å². The first-order valence-corrected chi connectivity index (χ1v) is 8.63. The maximum Gasteiger partial charge on any atom is 0.416 e. The average Bonchev–Trinajstić information content (AvgIpc) is 3.18. The number of hydrogen-bond acceptors (Lipinski definition) is 6. The predicted octanol–water partition coefficient (Wildman–Crippen LogP) is 4.24. The highest BCUT2D eigenvalue weighted by Crippen LogP contribution is 2.31. The summed E-state index contributed by atoms with van der Waals surface area (Å²) in [4.78, 5) is 0.568. The van der Waals surface area contributed by atoms with Gasteiger partial charge in [-0.2, -0.15) is 17.7 Å². The molecule has 0 aliphatic heterocycles. The molecule has 0 fully saturated rings. The van der Waals surface area contributed by atoms with Crippen LogP contribution in [0, 0.1) is 0 Å². The molecule has 4 aromatic rings. The lowest BCUT2D eigenvalue weighted by molar-refractivity contribution is -0.137. The van der Waals surface area contributed by atoms with Crippen molar-refractivity contribution < 1.29 is 18.3 Å². The summed E-state index contributed by atoms with van der Waals surface area (Å²) in [7, 11) is 0. The SMILES string of the molecule is Oc1ccc(Cc2nnc3sc(Nc4ccc(C(F)(F)F)cc4)nn23)cc1. The number of hydrogen-bond donors (Lipinski definition) is 2. The number of alkyl halides is 3. The molecule has 0 amide bonds. The minimum atomic E-state index is -4.37. The second kappa shape index (κ2) is 6.54. The van der Waals surface area contributed by atoms with Crippen molar-refractivity contribution in [2.75, 3.05) is 5.32 Å². The average molecular weight is 391 g/mol. The third-order valence-electron chi connectivity index (χ3n) is 3.82. The summed E-state index contributed by atoms with van der Waals surface area (Å²) in [5.74, 6) is 0.800. The number of nitrogens with zero attached hydrogens (tertiary/aromatic N) is 4. The molecule has 4 rings (SSSR count). The Kier molecular flexibility index (Phi) is 4.19. The van der Waals surface area contributed by atoms with Gasteiger partial charge in [0, 0.05) is 12.1 Å². The molecule has 0 aliphatic rings. The van der Waals surface area contributed by atoms with Gasteiger partial charge in [-0.15, -0.1) is 15.3 Å². The van der Waals surface area contributed by atoms with Gasteiger partial charge in [0.15, 0.2) is 5.82 Å². The van der Waals surface area contributed by atoms with Crippen molar-refractivity contribution in [2.45, 2.75) is 12.6 Å². The Morgan fingerprint density at radius 1 is 1.00 bits per heavy atom. The number of aromatic hydroxyl groups is 1. The van der Waals surface area contributed by atoms with Crippen molar-refractivity contribution >= 4 is 27.1 Å². The molecule has 0 saturated heterocycles. The second-order valence-corrected chi connectivity index (χ2v) is 6.72. The van der Waals surface area contributed by atoms with Crippen molar-refractivity contribution in [1.29, 1.82) is 0 Å². The number of benzene rings is 2. The highest BCUT2D eigenvalue weighted by Gasteiger charge is 2.29. The van der Waals surface area contributed by atoms with Crippen LogP contribution < -0.4 is 5.32 Å². The smallest absolute Gasteiger partial charge is 0.416 e. The summed E-state index contributed by atoms with van der Waals surface area (Å²) >= 11 is 1.24. The van der Waals surface area contributed by atoms with Crippen molar-refractivity contribution in [3.63, 3.8) is 0 Å². The molecular weight excluding hydrogens is 379 g/mol. The van der Waals surface area contributed by atoms with E-state index in [0.29, 0.717) is 28.0 Å². The van der Waals surface area contributed by atoms with E-state index in [4.69, 9.17) is 0 Å². The van der Waals surface area contributed by atoms with Crippen LogP contribution in [0.25, 0.3) is 4.96 Å². The first-order chi connectivity index (χ1) is 12.9. The zero-order valence-corrected chi connectivity index (χ0v) is 14.4. The molecular formula is C17H12F3N5OS. The minimum Gasteiger partial charge on any atom is -0.508 e. The van der Waals surface area contributed by atoms with Crippen LogP contribution in [0.4, 0.5) is 24.0 Å². The molecule has 0 saturated carbocycles. The quantitative estimate of drug-likeness (QED) is 0.544. The number of phenolic OH excluding ortho intramolecular Hbond substituents is 1. The molecule has 0 unspecified atom stereocenters. The van der Waals surface area contributed by atoms with E-state index in [1.807, 2.05) is 0 Å². The van der Waals surface area contributed by atoms with Crippen LogP contribution in [0.15, 0.2) is 48.5 Å². The highest BCUT2D eigenvalue weighted by atomic mass is 32.1. The van der Waals surface area contributed by atoms with Crippen LogP contribution >= 0.6 is 11.3 Å². The number of halogens is 3. The van der Waals surface area contributed by atoms with Crippen LogP contribution in [0.3, 0.4) is 0 Å². The lowest BCUT2D eigenvalue weighted by Gasteiger charge is -2.07. The molecule has 0 aliphatic carbocycles. The van der Waals surface area contributed by atoms with Crippen molar-refractivity contribution in [2.24, 2.45) is 0 Å². The maximum atomic E-state index is 12.6. The fraction of sp³-hybridized carbons (Fsp3) is 0.118. The normalized spacial score (nSPS) is 11.8. The Labute approximate surface area is 154 Å². The van der Waals surface area contributed by atoms with Crippen molar-refractivity contribution in [3.8, 4) is 5.75 Å². The standard InChI is InChI=1S/C17H12F3N5OS/c18-17(19,20)11-3-5-12(6-4-11)21-15-24-25-14(22-23-16(25)27-15)9-10-1-7-13(26)8-2-10/h1-8,26H,9H2,(H,21,24). The molecule has 27 heavy (non-hydrogen) atoms. The second-order valence-electron chi connectivity index (χ2n) is 5.76. The van der Waals surface area contributed by atoms with E-state index >= 15 is 0 Å². The Morgan fingerprint density at radius 3 is 2.37 bits per heavy atom. The number of nitrogens with one attached hydrogen (secondary N) is 1. The van der Waals surface area contributed by atoms with Gasteiger partial charge >= 0.3 is 6.18 Å². The highest BCUT2D eigenvalue weighted by molar-refractivity contribution is 7.20. The van der Waals surface area contributed by atoms with Gasteiger partial charge in [0.1, 0.15) is 5.75 Å². The monoisotopic (exact) mass is 391 g/mol. The van der Waals surface area contributed by atoms with Gasteiger partial charge in [0.25, 0.3) is 0 Å². The van der Waals surface area contributed by atoms with Crippen molar-refractivity contribution in [3.05, 3.63) is 65.5 Å². The zero-order valence-electron chi connectivity index (χ0n) is 13.6. The fourth-order valence-corrected chi connectivity index (χ4v) is 3.26. The van der Waals surface area contributed by atoms with Gasteiger partial charge in [0.2, 0.25) is 10.1 Å². The van der Waals surface area contributed by atoms with E-state index in [9.17, 15) is 18.3 Å². The third-order valence-corrected chi connectivity index (χ3v) is 4.63. The number of fused-ring (bicyclic) bond motifs is 1. The zero-order chi connectivity index (χ0) is 19.0. The largest absolute Gasteiger partial charge is 0.508 e. The van der Waals surface area contributed by atoms with Gasteiger partial charge in [-0.3, -0.25) is 0 Å². The Balaban J connectivity index is 1.54. The lowest BCUT2D eigenvalue weighted by Crippen LogP contribution is -2.04. The summed E-state index contributed by atoms with van der Waals surface area (Å²) in [5, 5.41) is 25.4. The summed E-state index contributed by atoms with van der Waals surface area (Å²) < 4.78 is 39.5. The maximum absolute atomic E-state index is 12.6. The summed E-state index contributed by atoms with van der Waals surface area (Å²) in [6, 6.07) is 11.5. The fourth-order valence-electron chi connectivity index (χ4n) is 2.48. The van der Waals surface area contributed by atoms with E-state index in [2.05, 4.69) is 20.6 Å². The summed E-state index contributed by atoms with van der Waals surface area (Å²) in [6.45, 7) is 0. The van der Waals surface area contributed by atoms with Crippen LogP contribution in [0.5, 0.6) is 5.75 Å². The molecule has 6 nitrogen and oxygen atoms in total. The van der Waals surface area contributed by atoms with Gasteiger partial charge < -0.3 is 10.4 Å². The lowest BCUT2D eigenvalue weighted by atomic mass is 10.1. The van der Waals surface area contributed by atoms with Crippen LogP contribution in [0.1, 0.15) is 17.0 Å². The third kappa shape index (κ3) is 3.70. The molecule has 0 bridgehead atoms. The van der Waals surface area contributed by atoms with Crippen molar-refractivity contribution in [1.82, 2.24) is 19.8 Å². The van der Waals surface area contributed by atoms with Crippen LogP contribution in [0.2, 0.25) is 0 Å². The van der Waals surface area contributed by atoms with Crippen LogP contribution in [-0.2, 0) is 12.6 Å². The minimum absolute atomic E-state index is 0.182. The number of aromatic nitrogens is 4. The van der Waals surface area contributed by atoms with Gasteiger partial charge in [-0.05, 0) is 42.0 Å². The van der Waals surface area contributed by atoms with E-state index in [1.165, 1.54) is 23.5 Å². The van der Waals surface area contributed by atoms with E-state index < -0.39 is 11.7 Å². The molecule has 0 radical (unpaired) electrons. The summed E-state index contributed by atoms with van der Waals surface area (Å²) in [6.07, 6.45) is -3.89. The van der Waals surface area contributed by atoms with E-state index in [-0.39, 0.29) is 5.75 Å². The molecule has 10 heteroatoms. The van der Waals surface area contributed by atoms with Gasteiger partial charge in [-0.1, -0.05) is 23.5 Å². The first kappa shape index (κ1) is 17.3. The Bertz CT molecular complexity index is 1070. The molecule has 0 spiro atoms. The van der Waals surface area contributed by atoms with E-state index in [0.717, 1.165) is 17.7 Å². The number of anilines is 2. The molecule has 2 heterocycles. The topological polar surface area (TPSA) is 75.3 Å². The van der Waals surface area contributed by atoms with E-state index in [1.54, 1.807) is 28.8 Å². The predicted molar refractivity (Wildman–Crippen MR) is 94.3 cm³/mol. The molecule has 2 aromatic carbocycles. The number of rotatable bonds is 4. The Hall–Kier alpha value is -3.14. The molecule has 138 valence electrons. The van der Waals surface area contributed by atoms with Gasteiger partial charge in [0.05, 0.1) is 5.56 Å². The number of phenols is 1. The van der Waals surface area contributed by atoms with Gasteiger partial charge in [-0.25, -0.2) is 0 Å². The molecule has 0 atom stereocenters. The molecule has 2 N–H and O–H groups in total. The Morgan fingerprint density at radius 2 is 1.70 bits per heavy atom. The first-order valence-electron chi connectivity index (χ1n) is 7.82.